The van der Waals surface area contributed by atoms with Gasteiger partial charge < -0.3 is 0 Å². The minimum atomic E-state index is 0.264. The molecule has 0 amide bonds. The van der Waals surface area contributed by atoms with Crippen LogP contribution >= 0.6 is 0 Å². The molecule has 0 bridgehead atoms. The zero-order valence-corrected chi connectivity index (χ0v) is 7.42. The molecule has 0 aromatic carbocycles. The van der Waals surface area contributed by atoms with Crippen molar-refractivity contribution in [2.45, 2.75) is 33.2 Å². The second-order valence-corrected chi connectivity index (χ2v) is 3.34. The summed E-state index contributed by atoms with van der Waals surface area (Å²) in [5.41, 5.74) is 0.264. The fourth-order valence-electron chi connectivity index (χ4n) is 0.129. The van der Waals surface area contributed by atoms with Crippen molar-refractivity contribution < 1.29 is 17.7 Å². The van der Waals surface area contributed by atoms with Crippen LogP contribution in [0.4, 0.5) is 0 Å². The van der Waals surface area contributed by atoms with Gasteiger partial charge in [-0.1, -0.05) is 0 Å². The van der Waals surface area contributed by atoms with E-state index in [1.54, 1.807) is 0 Å². The molecule has 48 valence electrons. The molecular formula is C6H14NV. The summed E-state index contributed by atoms with van der Waals surface area (Å²) in [7, 11) is 0. The van der Waals surface area contributed by atoms with Gasteiger partial charge in [0.2, 0.25) is 0 Å². The molecule has 0 aliphatic heterocycles. The van der Waals surface area contributed by atoms with Gasteiger partial charge in [-0.25, -0.2) is 0 Å². The van der Waals surface area contributed by atoms with Crippen molar-refractivity contribution in [2.75, 3.05) is 0 Å². The van der Waals surface area contributed by atoms with Crippen LogP contribution in [0, 0.1) is 5.92 Å². The van der Waals surface area contributed by atoms with E-state index in [4.69, 9.17) is 0 Å². The van der Waals surface area contributed by atoms with Crippen molar-refractivity contribution in [3.05, 3.63) is 0 Å². The first-order valence-corrected chi connectivity index (χ1v) is 3.62. The Bertz CT molecular complexity index is 68.9. The molecule has 8 heavy (non-hydrogen) atoms. The van der Waals surface area contributed by atoms with Gasteiger partial charge in [0.05, 0.1) is 0 Å². The Morgan fingerprint density at radius 1 is 1.38 bits per heavy atom. The molecule has 0 saturated carbocycles. The van der Waals surface area contributed by atoms with E-state index in [0.29, 0.717) is 5.92 Å². The average Bonchev–Trinajstić information content (AvgIpc) is 1.67. The molecule has 0 unspecified atom stereocenters. The van der Waals surface area contributed by atoms with Gasteiger partial charge in [-0.05, 0) is 0 Å². The number of hydrogen-bond acceptors (Lipinski definition) is 1. The maximum absolute atomic E-state index is 3.18. The van der Waals surface area contributed by atoms with Crippen LogP contribution in [0.3, 0.4) is 0 Å². The Balaban J connectivity index is 3.71. The summed E-state index contributed by atoms with van der Waals surface area (Å²) in [4.78, 5) is 0. The van der Waals surface area contributed by atoms with Crippen LogP contribution in [0.2, 0.25) is 0 Å². The molecule has 2 heteroatoms. The molecule has 0 saturated heterocycles. The first-order valence-electron chi connectivity index (χ1n) is 2.92. The van der Waals surface area contributed by atoms with Crippen molar-refractivity contribution in [2.24, 2.45) is 5.92 Å². The van der Waals surface area contributed by atoms with Crippen LogP contribution in [0.1, 0.15) is 27.7 Å². The Morgan fingerprint density at radius 3 is 1.75 bits per heavy atom. The van der Waals surface area contributed by atoms with E-state index in [9.17, 15) is 0 Å². The standard InChI is InChI=1S/C6H14N.V/c1-5(2)6(3,4)7;/h5,7H,1-4H3;/q-1;+1. The van der Waals surface area contributed by atoms with E-state index in [2.05, 4.69) is 49.5 Å². The summed E-state index contributed by atoms with van der Waals surface area (Å²) < 4.78 is 3.18. The zero-order chi connectivity index (χ0) is 6.78. The van der Waals surface area contributed by atoms with Crippen molar-refractivity contribution in [3.8, 4) is 0 Å². The van der Waals surface area contributed by atoms with E-state index in [0.717, 1.165) is 0 Å². The van der Waals surface area contributed by atoms with E-state index >= 15 is 0 Å². The van der Waals surface area contributed by atoms with Crippen LogP contribution in [-0.4, -0.2) is 5.54 Å². The second-order valence-electron chi connectivity index (χ2n) is 2.99. The number of nitrogens with one attached hydrogen (secondary N) is 1. The average molecular weight is 151 g/mol. The fourth-order valence-corrected chi connectivity index (χ4v) is 0.532. The molecular weight excluding hydrogens is 137 g/mol. The van der Waals surface area contributed by atoms with Crippen molar-refractivity contribution in [1.82, 2.24) is 4.17 Å². The molecule has 0 radical (unpaired) electrons. The molecule has 0 spiro atoms. The Morgan fingerprint density at radius 2 is 1.75 bits per heavy atom. The van der Waals surface area contributed by atoms with Crippen molar-refractivity contribution >= 4 is 0 Å². The van der Waals surface area contributed by atoms with Crippen LogP contribution < -0.4 is 4.17 Å². The van der Waals surface area contributed by atoms with Gasteiger partial charge in [0.15, 0.2) is 0 Å². The zero-order valence-electron chi connectivity index (χ0n) is 6.02. The van der Waals surface area contributed by atoms with Crippen LogP contribution in [-0.2, 0) is 17.7 Å². The Labute approximate surface area is 61.4 Å². The SMILES string of the molecule is CC(C)C(C)(C)[NH][V]. The summed E-state index contributed by atoms with van der Waals surface area (Å²) in [5.74, 6) is 0.686. The van der Waals surface area contributed by atoms with Gasteiger partial charge in [-0.3, -0.25) is 0 Å². The third-order valence-electron chi connectivity index (χ3n) is 1.73. The molecule has 0 aliphatic carbocycles. The predicted octanol–water partition coefficient (Wildman–Crippen LogP) is 1.47. The fraction of sp³-hybridized carbons (Fsp3) is 1.00. The summed E-state index contributed by atoms with van der Waals surface area (Å²) in [6.45, 7) is 8.80. The van der Waals surface area contributed by atoms with Crippen LogP contribution in [0.15, 0.2) is 0 Å². The summed E-state index contributed by atoms with van der Waals surface area (Å²) in [6.07, 6.45) is 0. The molecule has 0 rings (SSSR count). The molecule has 0 fully saturated rings. The van der Waals surface area contributed by atoms with Gasteiger partial charge in [-0.2, -0.15) is 0 Å². The quantitative estimate of drug-likeness (QED) is 0.630. The predicted molar refractivity (Wildman–Crippen MR) is 32.1 cm³/mol. The molecule has 0 heterocycles. The number of rotatable bonds is 2. The summed E-state index contributed by atoms with van der Waals surface area (Å²) in [6, 6.07) is 0. The molecule has 0 aromatic rings. The molecule has 0 atom stereocenters. The molecule has 0 aromatic heterocycles. The van der Waals surface area contributed by atoms with E-state index in [1.807, 2.05) is 0 Å². The second kappa shape index (κ2) is 2.91. The van der Waals surface area contributed by atoms with Gasteiger partial charge in [0.1, 0.15) is 0 Å². The molecule has 1 N–H and O–H groups in total. The van der Waals surface area contributed by atoms with Gasteiger partial charge in [0, 0.05) is 0 Å². The normalized spacial score (nSPS) is 12.6. The molecule has 0 aliphatic rings. The summed E-state index contributed by atoms with van der Waals surface area (Å²) in [5, 5.41) is 0. The topological polar surface area (TPSA) is 12.0 Å². The van der Waals surface area contributed by atoms with Gasteiger partial charge in [-0.15, -0.1) is 0 Å². The Kier molecular flexibility index (Phi) is 3.10. The summed E-state index contributed by atoms with van der Waals surface area (Å²) >= 11 is 2.41. The van der Waals surface area contributed by atoms with Gasteiger partial charge >= 0.3 is 61.0 Å². The third-order valence-corrected chi connectivity index (χ3v) is 2.63. The first-order chi connectivity index (χ1) is 3.50. The van der Waals surface area contributed by atoms with Crippen molar-refractivity contribution in [1.29, 1.82) is 0 Å². The van der Waals surface area contributed by atoms with Gasteiger partial charge in [0.25, 0.3) is 0 Å². The van der Waals surface area contributed by atoms with Crippen molar-refractivity contribution in [3.63, 3.8) is 0 Å². The van der Waals surface area contributed by atoms with E-state index in [1.165, 1.54) is 0 Å². The molecule has 1 nitrogen and oxygen atoms in total. The maximum atomic E-state index is 3.18. The number of hydrogen-bond donors (Lipinski definition) is 1. The van der Waals surface area contributed by atoms with Crippen LogP contribution in [0.5, 0.6) is 0 Å². The minimum absolute atomic E-state index is 0.264. The first kappa shape index (κ1) is 8.54. The van der Waals surface area contributed by atoms with E-state index in [-0.39, 0.29) is 5.54 Å². The van der Waals surface area contributed by atoms with Crippen LogP contribution in [0.25, 0.3) is 0 Å². The Hall–Kier alpha value is 0.544. The third kappa shape index (κ3) is 2.21. The van der Waals surface area contributed by atoms with E-state index < -0.39 is 0 Å². The monoisotopic (exact) mass is 151 g/mol.